The van der Waals surface area contributed by atoms with E-state index in [0.29, 0.717) is 9.99 Å². The summed E-state index contributed by atoms with van der Waals surface area (Å²) in [6, 6.07) is 5.49. The van der Waals surface area contributed by atoms with Crippen LogP contribution in [0.2, 0.25) is 0 Å². The Morgan fingerprint density at radius 2 is 1.88 bits per heavy atom. The van der Waals surface area contributed by atoms with Gasteiger partial charge < -0.3 is 5.43 Å². The number of benzene rings is 1. The maximum absolute atomic E-state index is 12.1. The smallest absolute Gasteiger partial charge is 0.252 e. The summed E-state index contributed by atoms with van der Waals surface area (Å²) in [4.78, 5) is -0.0559. The molecule has 0 radical (unpaired) electrons. The van der Waals surface area contributed by atoms with Crippen molar-refractivity contribution in [1.82, 2.24) is 4.31 Å². The van der Waals surface area contributed by atoms with Crippen molar-refractivity contribution in [2.75, 3.05) is 19.0 Å². The number of nitrogen functional groups attached to an aromatic ring is 1. The van der Waals surface area contributed by atoms with Crippen molar-refractivity contribution in [2.24, 2.45) is 5.84 Å². The zero-order chi connectivity index (χ0) is 13.1. The fraction of sp³-hybridized carbons (Fsp3) is 0.333. The van der Waals surface area contributed by atoms with Crippen LogP contribution in [0, 0.1) is 0 Å². The molecule has 0 aliphatic heterocycles. The fourth-order valence-electron chi connectivity index (χ4n) is 1.20. The second-order valence-corrected chi connectivity index (χ2v) is 5.39. The van der Waals surface area contributed by atoms with Gasteiger partial charge in [-0.3, -0.25) is 5.84 Å². The molecule has 0 amide bonds. The number of sulfonamides is 1. The molecule has 96 valence electrons. The quantitative estimate of drug-likeness (QED) is 0.611. The van der Waals surface area contributed by atoms with Gasteiger partial charge in [-0.15, -0.1) is 0 Å². The molecule has 8 heteroatoms. The third-order valence-electron chi connectivity index (χ3n) is 2.12. The summed E-state index contributed by atoms with van der Waals surface area (Å²) in [6.45, 7) is -0.834. The number of hydrazine groups is 1. The number of nitrogens with zero attached hydrogens (tertiary/aromatic N) is 1. The molecule has 0 fully saturated rings. The van der Waals surface area contributed by atoms with Crippen molar-refractivity contribution >= 4 is 15.7 Å². The van der Waals surface area contributed by atoms with Gasteiger partial charge in [-0.05, 0) is 24.3 Å². The van der Waals surface area contributed by atoms with Crippen LogP contribution >= 0.6 is 0 Å². The highest BCUT2D eigenvalue weighted by Gasteiger charge is 2.23. The minimum Gasteiger partial charge on any atom is -0.324 e. The lowest BCUT2D eigenvalue weighted by Crippen LogP contribution is -2.31. The predicted molar refractivity (Wildman–Crippen MR) is 60.1 cm³/mol. The molecule has 17 heavy (non-hydrogen) atoms. The Morgan fingerprint density at radius 3 is 2.29 bits per heavy atom. The zero-order valence-corrected chi connectivity index (χ0v) is 9.92. The fourth-order valence-corrected chi connectivity index (χ4v) is 2.34. The Kier molecular flexibility index (Phi) is 4.38. The third-order valence-corrected chi connectivity index (χ3v) is 3.96. The average Bonchev–Trinajstić information content (AvgIpc) is 2.28. The average molecular weight is 265 g/mol. The van der Waals surface area contributed by atoms with E-state index in [4.69, 9.17) is 5.84 Å². The van der Waals surface area contributed by atoms with Crippen LogP contribution in [0.4, 0.5) is 14.5 Å². The molecule has 1 rings (SSSR count). The van der Waals surface area contributed by atoms with Crippen LogP contribution in [0.3, 0.4) is 0 Å². The van der Waals surface area contributed by atoms with E-state index in [-0.39, 0.29) is 4.90 Å². The van der Waals surface area contributed by atoms with Crippen molar-refractivity contribution in [3.63, 3.8) is 0 Å². The van der Waals surface area contributed by atoms with Gasteiger partial charge in [0.25, 0.3) is 6.43 Å². The first-order valence-electron chi connectivity index (χ1n) is 4.69. The summed E-state index contributed by atoms with van der Waals surface area (Å²) in [5.41, 5.74) is 2.87. The molecule has 0 saturated heterocycles. The Balaban J connectivity index is 2.96. The number of alkyl halides is 2. The van der Waals surface area contributed by atoms with Crippen LogP contribution in [0.1, 0.15) is 0 Å². The molecular formula is C9H13F2N3O2S. The molecule has 0 unspecified atom stereocenters. The van der Waals surface area contributed by atoms with E-state index in [2.05, 4.69) is 5.43 Å². The lowest BCUT2D eigenvalue weighted by molar-refractivity contribution is 0.126. The molecule has 0 atom stereocenters. The number of hydrogen-bond acceptors (Lipinski definition) is 4. The highest BCUT2D eigenvalue weighted by molar-refractivity contribution is 7.89. The molecule has 0 saturated carbocycles. The highest BCUT2D eigenvalue weighted by Crippen LogP contribution is 2.17. The molecular weight excluding hydrogens is 252 g/mol. The Morgan fingerprint density at radius 1 is 1.35 bits per heavy atom. The zero-order valence-electron chi connectivity index (χ0n) is 9.10. The predicted octanol–water partition coefficient (Wildman–Crippen LogP) is 0.858. The summed E-state index contributed by atoms with van der Waals surface area (Å²) in [7, 11) is -2.77. The number of nitrogens with two attached hydrogens (primary N) is 1. The number of hydrogen-bond donors (Lipinski definition) is 2. The normalized spacial score (nSPS) is 12.1. The Bertz CT molecular complexity index is 462. The first-order valence-corrected chi connectivity index (χ1v) is 6.13. The molecule has 0 bridgehead atoms. The SMILES string of the molecule is CN(CC(F)F)S(=O)(=O)c1ccc(NN)cc1. The maximum Gasteiger partial charge on any atom is 0.252 e. The summed E-state index contributed by atoms with van der Waals surface area (Å²) in [6.07, 6.45) is -2.71. The second kappa shape index (κ2) is 5.39. The minimum atomic E-state index is -3.87. The van der Waals surface area contributed by atoms with E-state index in [9.17, 15) is 17.2 Å². The van der Waals surface area contributed by atoms with E-state index in [0.717, 1.165) is 7.05 Å². The van der Waals surface area contributed by atoms with Crippen LogP contribution in [-0.4, -0.2) is 32.7 Å². The van der Waals surface area contributed by atoms with Crippen LogP contribution in [0.15, 0.2) is 29.2 Å². The molecule has 0 heterocycles. The van der Waals surface area contributed by atoms with E-state index in [1.54, 1.807) is 0 Å². The third kappa shape index (κ3) is 3.35. The maximum atomic E-state index is 12.1. The van der Waals surface area contributed by atoms with E-state index in [1.807, 2.05) is 0 Å². The summed E-state index contributed by atoms with van der Waals surface area (Å²) in [5, 5.41) is 0. The minimum absolute atomic E-state index is 0.0559. The van der Waals surface area contributed by atoms with Crippen molar-refractivity contribution in [3.05, 3.63) is 24.3 Å². The monoisotopic (exact) mass is 265 g/mol. The molecule has 0 spiro atoms. The number of rotatable bonds is 5. The Labute approximate surface area is 98.2 Å². The van der Waals surface area contributed by atoms with Gasteiger partial charge in [0.2, 0.25) is 10.0 Å². The van der Waals surface area contributed by atoms with Gasteiger partial charge in [-0.25, -0.2) is 17.2 Å². The van der Waals surface area contributed by atoms with E-state index >= 15 is 0 Å². The van der Waals surface area contributed by atoms with E-state index < -0.39 is 23.0 Å². The van der Waals surface area contributed by atoms with Crippen molar-refractivity contribution < 1.29 is 17.2 Å². The lowest BCUT2D eigenvalue weighted by atomic mass is 10.3. The van der Waals surface area contributed by atoms with Gasteiger partial charge >= 0.3 is 0 Å². The molecule has 1 aromatic carbocycles. The highest BCUT2D eigenvalue weighted by atomic mass is 32.2. The molecule has 0 aliphatic rings. The molecule has 0 aromatic heterocycles. The van der Waals surface area contributed by atoms with Gasteiger partial charge in [0.05, 0.1) is 11.4 Å². The van der Waals surface area contributed by atoms with Gasteiger partial charge in [-0.2, -0.15) is 4.31 Å². The van der Waals surface area contributed by atoms with Crippen LogP contribution in [-0.2, 0) is 10.0 Å². The Hall–Kier alpha value is -1.25. The van der Waals surface area contributed by atoms with E-state index in [1.165, 1.54) is 24.3 Å². The number of halogens is 2. The first kappa shape index (κ1) is 13.8. The van der Waals surface area contributed by atoms with Gasteiger partial charge in [0.15, 0.2) is 0 Å². The van der Waals surface area contributed by atoms with Gasteiger partial charge in [0, 0.05) is 12.7 Å². The molecule has 0 aliphatic carbocycles. The lowest BCUT2D eigenvalue weighted by Gasteiger charge is -2.16. The van der Waals surface area contributed by atoms with Crippen molar-refractivity contribution in [2.45, 2.75) is 11.3 Å². The second-order valence-electron chi connectivity index (χ2n) is 3.35. The van der Waals surface area contributed by atoms with Crippen LogP contribution < -0.4 is 11.3 Å². The van der Waals surface area contributed by atoms with Crippen molar-refractivity contribution in [3.8, 4) is 0 Å². The number of nitrogens with one attached hydrogen (secondary N) is 1. The first-order chi connectivity index (χ1) is 7.87. The molecule has 3 N–H and O–H groups in total. The summed E-state index contributed by atoms with van der Waals surface area (Å²) < 4.78 is 48.5. The number of anilines is 1. The van der Waals surface area contributed by atoms with Gasteiger partial charge in [0.1, 0.15) is 0 Å². The summed E-state index contributed by atoms with van der Waals surface area (Å²) in [5.74, 6) is 5.13. The summed E-state index contributed by atoms with van der Waals surface area (Å²) >= 11 is 0. The molecule has 1 aromatic rings. The van der Waals surface area contributed by atoms with Crippen LogP contribution in [0.25, 0.3) is 0 Å². The topological polar surface area (TPSA) is 75.4 Å². The van der Waals surface area contributed by atoms with Crippen LogP contribution in [0.5, 0.6) is 0 Å². The van der Waals surface area contributed by atoms with Gasteiger partial charge in [-0.1, -0.05) is 0 Å². The standard InChI is InChI=1S/C9H13F2N3O2S/c1-14(6-9(10)11)17(15,16)8-4-2-7(13-12)3-5-8/h2-5,9,13H,6,12H2,1H3. The molecule has 5 nitrogen and oxygen atoms in total. The largest absolute Gasteiger partial charge is 0.324 e. The van der Waals surface area contributed by atoms with Crippen molar-refractivity contribution in [1.29, 1.82) is 0 Å².